The summed E-state index contributed by atoms with van der Waals surface area (Å²) in [5.41, 5.74) is 2.84. The zero-order valence-corrected chi connectivity index (χ0v) is 15.3. The summed E-state index contributed by atoms with van der Waals surface area (Å²) < 4.78 is 1.97. The lowest BCUT2D eigenvalue weighted by atomic mass is 9.96. The van der Waals surface area contributed by atoms with E-state index in [-0.39, 0.29) is 12.5 Å². The third-order valence-corrected chi connectivity index (χ3v) is 5.51. The first-order valence-corrected chi connectivity index (χ1v) is 9.68. The van der Waals surface area contributed by atoms with Gasteiger partial charge in [-0.25, -0.2) is 0 Å². The van der Waals surface area contributed by atoms with Crippen LogP contribution < -0.4 is 5.32 Å². The molecule has 0 radical (unpaired) electrons. The summed E-state index contributed by atoms with van der Waals surface area (Å²) in [6.07, 6.45) is 11.0. The van der Waals surface area contributed by atoms with Crippen molar-refractivity contribution in [1.82, 2.24) is 9.88 Å². The summed E-state index contributed by atoms with van der Waals surface area (Å²) in [6.45, 7) is 3.37. The maximum atomic E-state index is 12.8. The van der Waals surface area contributed by atoms with Crippen LogP contribution in [0, 0.1) is 12.8 Å². The number of nitrogens with one attached hydrogen (secondary N) is 1. The number of carbonyl (C=O) groups excluding carboxylic acids is 1. The van der Waals surface area contributed by atoms with E-state index in [1.54, 1.807) is 0 Å². The SMILES string of the molecule is Cc1cccc2c1c(C(=O)NCCC1CCCCCC1)cn2CCO. The first kappa shape index (κ1) is 18.0. The van der Waals surface area contributed by atoms with Gasteiger partial charge in [0.2, 0.25) is 0 Å². The van der Waals surface area contributed by atoms with Gasteiger partial charge in [0.05, 0.1) is 12.2 Å². The zero-order chi connectivity index (χ0) is 17.6. The Morgan fingerprint density at radius 2 is 2.00 bits per heavy atom. The molecule has 2 N–H and O–H groups in total. The van der Waals surface area contributed by atoms with Gasteiger partial charge in [0.1, 0.15) is 0 Å². The second-order valence-electron chi connectivity index (χ2n) is 7.33. The van der Waals surface area contributed by atoms with Crippen molar-refractivity contribution in [3.05, 3.63) is 35.5 Å². The third-order valence-electron chi connectivity index (χ3n) is 5.51. The highest BCUT2D eigenvalue weighted by atomic mass is 16.3. The van der Waals surface area contributed by atoms with Crippen molar-refractivity contribution in [2.75, 3.05) is 13.2 Å². The highest BCUT2D eigenvalue weighted by Crippen LogP contribution is 2.26. The number of aromatic nitrogens is 1. The summed E-state index contributed by atoms with van der Waals surface area (Å²) in [4.78, 5) is 12.8. The summed E-state index contributed by atoms with van der Waals surface area (Å²) in [5.74, 6) is 0.768. The average Bonchev–Trinajstić information content (AvgIpc) is 2.79. The molecule has 25 heavy (non-hydrogen) atoms. The van der Waals surface area contributed by atoms with E-state index in [1.165, 1.54) is 38.5 Å². The number of amides is 1. The molecule has 1 aliphatic rings. The number of carbonyl (C=O) groups is 1. The zero-order valence-electron chi connectivity index (χ0n) is 15.3. The summed E-state index contributed by atoms with van der Waals surface area (Å²) in [5, 5.41) is 13.4. The van der Waals surface area contributed by atoms with Gasteiger partial charge >= 0.3 is 0 Å². The molecule has 1 aromatic heterocycles. The fourth-order valence-corrected chi connectivity index (χ4v) is 4.13. The van der Waals surface area contributed by atoms with Crippen LogP contribution in [0.25, 0.3) is 10.9 Å². The van der Waals surface area contributed by atoms with Crippen molar-refractivity contribution in [1.29, 1.82) is 0 Å². The standard InChI is InChI=1S/C21H30N2O2/c1-16-7-6-10-19-20(16)18(15-23(19)13-14-24)21(25)22-12-11-17-8-4-2-3-5-9-17/h6-7,10,15,17,24H,2-5,8-9,11-14H2,1H3,(H,22,25). The van der Waals surface area contributed by atoms with E-state index in [1.807, 2.05) is 35.9 Å². The Morgan fingerprint density at radius 3 is 2.72 bits per heavy atom. The van der Waals surface area contributed by atoms with Gasteiger partial charge in [-0.1, -0.05) is 50.7 Å². The molecule has 0 atom stereocenters. The number of nitrogens with zero attached hydrogens (tertiary/aromatic N) is 1. The van der Waals surface area contributed by atoms with Crippen LogP contribution in [0.15, 0.2) is 24.4 Å². The van der Waals surface area contributed by atoms with Crippen LogP contribution in [0.5, 0.6) is 0 Å². The van der Waals surface area contributed by atoms with E-state index < -0.39 is 0 Å². The first-order chi connectivity index (χ1) is 12.2. The Labute approximate surface area is 150 Å². The van der Waals surface area contributed by atoms with E-state index in [0.717, 1.165) is 40.9 Å². The van der Waals surface area contributed by atoms with Gasteiger partial charge in [0.25, 0.3) is 5.91 Å². The van der Waals surface area contributed by atoms with E-state index in [9.17, 15) is 9.90 Å². The first-order valence-electron chi connectivity index (χ1n) is 9.68. The molecule has 0 unspecified atom stereocenters. The normalized spacial score (nSPS) is 16.1. The minimum atomic E-state index is 0.00427. The second kappa shape index (κ2) is 8.52. The molecule has 3 rings (SSSR count). The molecule has 1 aliphatic carbocycles. The summed E-state index contributed by atoms with van der Waals surface area (Å²) in [7, 11) is 0. The van der Waals surface area contributed by atoms with Crippen LogP contribution in [0.2, 0.25) is 0 Å². The van der Waals surface area contributed by atoms with Gasteiger partial charge in [-0.15, -0.1) is 0 Å². The van der Waals surface area contributed by atoms with Crippen LogP contribution in [0.3, 0.4) is 0 Å². The molecule has 1 amide bonds. The van der Waals surface area contributed by atoms with Crippen LogP contribution in [-0.2, 0) is 6.54 Å². The van der Waals surface area contributed by atoms with Gasteiger partial charge in [0, 0.05) is 30.2 Å². The van der Waals surface area contributed by atoms with Crippen molar-refractivity contribution in [2.45, 2.75) is 58.4 Å². The average molecular weight is 342 g/mol. The van der Waals surface area contributed by atoms with Crippen LogP contribution >= 0.6 is 0 Å². The Kier molecular flexibility index (Phi) is 6.14. The summed E-state index contributed by atoms with van der Waals surface area (Å²) in [6, 6.07) is 6.05. The Morgan fingerprint density at radius 1 is 1.24 bits per heavy atom. The highest BCUT2D eigenvalue weighted by Gasteiger charge is 2.17. The molecule has 1 aromatic carbocycles. The second-order valence-corrected chi connectivity index (χ2v) is 7.33. The van der Waals surface area contributed by atoms with Crippen molar-refractivity contribution in [3.63, 3.8) is 0 Å². The van der Waals surface area contributed by atoms with E-state index in [4.69, 9.17) is 0 Å². The lowest BCUT2D eigenvalue weighted by Crippen LogP contribution is -2.26. The molecular weight excluding hydrogens is 312 g/mol. The molecule has 1 saturated carbocycles. The van der Waals surface area contributed by atoms with E-state index in [2.05, 4.69) is 5.32 Å². The Bertz CT molecular complexity index is 712. The van der Waals surface area contributed by atoms with E-state index >= 15 is 0 Å². The highest BCUT2D eigenvalue weighted by molar-refractivity contribution is 6.08. The molecule has 4 heteroatoms. The van der Waals surface area contributed by atoms with E-state index in [0.29, 0.717) is 6.54 Å². The van der Waals surface area contributed by atoms with Gasteiger partial charge in [-0.3, -0.25) is 4.79 Å². The topological polar surface area (TPSA) is 54.3 Å². The Balaban J connectivity index is 1.69. The predicted octanol–water partition coefficient (Wildman–Crippen LogP) is 4.03. The maximum absolute atomic E-state index is 12.8. The molecule has 1 heterocycles. The molecule has 2 aromatic rings. The fourth-order valence-electron chi connectivity index (χ4n) is 4.13. The number of aryl methyl sites for hydroxylation is 1. The van der Waals surface area contributed by atoms with Crippen molar-refractivity contribution in [3.8, 4) is 0 Å². The monoisotopic (exact) mass is 342 g/mol. The van der Waals surface area contributed by atoms with Crippen LogP contribution in [0.1, 0.15) is 60.9 Å². The smallest absolute Gasteiger partial charge is 0.253 e. The molecule has 0 saturated heterocycles. The number of aliphatic hydroxyl groups excluding tert-OH is 1. The van der Waals surface area contributed by atoms with Crippen LogP contribution in [0.4, 0.5) is 0 Å². The van der Waals surface area contributed by atoms with Crippen molar-refractivity contribution < 1.29 is 9.90 Å². The van der Waals surface area contributed by atoms with Gasteiger partial charge < -0.3 is 15.0 Å². The minimum absolute atomic E-state index is 0.00427. The molecule has 0 bridgehead atoms. The van der Waals surface area contributed by atoms with Crippen molar-refractivity contribution in [2.24, 2.45) is 5.92 Å². The number of hydrogen-bond acceptors (Lipinski definition) is 2. The maximum Gasteiger partial charge on any atom is 0.253 e. The number of aliphatic hydroxyl groups is 1. The van der Waals surface area contributed by atoms with Gasteiger partial charge in [-0.2, -0.15) is 0 Å². The molecule has 4 nitrogen and oxygen atoms in total. The predicted molar refractivity (Wildman–Crippen MR) is 102 cm³/mol. The molecular formula is C21H30N2O2. The number of hydrogen-bond donors (Lipinski definition) is 2. The van der Waals surface area contributed by atoms with Gasteiger partial charge in [-0.05, 0) is 30.9 Å². The third kappa shape index (κ3) is 4.24. The number of fused-ring (bicyclic) bond motifs is 1. The molecule has 136 valence electrons. The molecule has 1 fully saturated rings. The Hall–Kier alpha value is -1.81. The quantitative estimate of drug-likeness (QED) is 0.779. The lowest BCUT2D eigenvalue weighted by molar-refractivity contribution is 0.0952. The fraction of sp³-hybridized carbons (Fsp3) is 0.571. The largest absolute Gasteiger partial charge is 0.395 e. The minimum Gasteiger partial charge on any atom is -0.395 e. The number of rotatable bonds is 6. The molecule has 0 spiro atoms. The van der Waals surface area contributed by atoms with Crippen molar-refractivity contribution >= 4 is 16.8 Å². The lowest BCUT2D eigenvalue weighted by Gasteiger charge is -2.14. The van der Waals surface area contributed by atoms with Crippen LogP contribution in [-0.4, -0.2) is 28.7 Å². The summed E-state index contributed by atoms with van der Waals surface area (Å²) >= 11 is 0. The molecule has 0 aliphatic heterocycles. The number of benzene rings is 1. The van der Waals surface area contributed by atoms with Gasteiger partial charge in [0.15, 0.2) is 0 Å².